The second-order valence-corrected chi connectivity index (χ2v) is 5.98. The van der Waals surface area contributed by atoms with Crippen LogP contribution in [-0.4, -0.2) is 22.2 Å². The van der Waals surface area contributed by atoms with E-state index in [1.165, 1.54) is 12.4 Å². The SMILES string of the molecule is O=C(N/N=C/c1cc(Cc2ccccc2Cl)ccc1O)c1ccccn1. The Morgan fingerprint density at radius 1 is 1.15 bits per heavy atom. The van der Waals surface area contributed by atoms with Crippen LogP contribution >= 0.6 is 11.6 Å². The molecule has 26 heavy (non-hydrogen) atoms. The monoisotopic (exact) mass is 365 g/mol. The molecule has 2 aromatic carbocycles. The molecule has 3 rings (SSSR count). The van der Waals surface area contributed by atoms with Crippen molar-refractivity contribution < 1.29 is 9.90 Å². The molecule has 3 aromatic rings. The van der Waals surface area contributed by atoms with E-state index in [0.717, 1.165) is 11.1 Å². The predicted octanol–water partition coefficient (Wildman–Crippen LogP) is 3.80. The van der Waals surface area contributed by atoms with Gasteiger partial charge in [-0.1, -0.05) is 41.9 Å². The van der Waals surface area contributed by atoms with Gasteiger partial charge in [0.15, 0.2) is 0 Å². The number of carbonyl (C=O) groups is 1. The molecule has 0 aliphatic heterocycles. The van der Waals surface area contributed by atoms with Gasteiger partial charge in [0.1, 0.15) is 11.4 Å². The van der Waals surface area contributed by atoms with E-state index in [1.807, 2.05) is 30.3 Å². The van der Waals surface area contributed by atoms with Crippen LogP contribution in [-0.2, 0) is 6.42 Å². The Morgan fingerprint density at radius 2 is 1.96 bits per heavy atom. The molecule has 0 saturated carbocycles. The van der Waals surface area contributed by atoms with Crippen LogP contribution in [0.25, 0.3) is 0 Å². The number of benzene rings is 2. The Hall–Kier alpha value is -3.18. The highest BCUT2D eigenvalue weighted by Gasteiger charge is 2.06. The highest BCUT2D eigenvalue weighted by atomic mass is 35.5. The smallest absolute Gasteiger partial charge is 0.289 e. The molecule has 0 unspecified atom stereocenters. The van der Waals surface area contributed by atoms with Gasteiger partial charge in [0.25, 0.3) is 5.91 Å². The number of amides is 1. The quantitative estimate of drug-likeness (QED) is 0.533. The minimum Gasteiger partial charge on any atom is -0.507 e. The summed E-state index contributed by atoms with van der Waals surface area (Å²) in [5.74, 6) is -0.350. The summed E-state index contributed by atoms with van der Waals surface area (Å²) in [6, 6.07) is 17.8. The lowest BCUT2D eigenvalue weighted by Crippen LogP contribution is -2.18. The van der Waals surface area contributed by atoms with E-state index in [2.05, 4.69) is 15.5 Å². The second kappa shape index (κ2) is 8.27. The van der Waals surface area contributed by atoms with Crippen LogP contribution in [0.1, 0.15) is 27.2 Å². The summed E-state index contributed by atoms with van der Waals surface area (Å²) in [5.41, 5.74) is 5.11. The largest absolute Gasteiger partial charge is 0.507 e. The van der Waals surface area contributed by atoms with E-state index in [9.17, 15) is 9.90 Å². The van der Waals surface area contributed by atoms with Gasteiger partial charge in [-0.2, -0.15) is 5.10 Å². The summed E-state index contributed by atoms with van der Waals surface area (Å²) in [4.78, 5) is 15.8. The molecule has 1 heterocycles. The number of rotatable bonds is 5. The van der Waals surface area contributed by atoms with Crippen LogP contribution in [0.2, 0.25) is 5.02 Å². The first-order valence-electron chi connectivity index (χ1n) is 7.93. The first kappa shape index (κ1) is 17.6. The maximum absolute atomic E-state index is 11.9. The van der Waals surface area contributed by atoms with Gasteiger partial charge in [-0.25, -0.2) is 5.43 Å². The number of halogens is 1. The zero-order chi connectivity index (χ0) is 18.4. The van der Waals surface area contributed by atoms with Gasteiger partial charge in [-0.3, -0.25) is 9.78 Å². The summed E-state index contributed by atoms with van der Waals surface area (Å²) in [7, 11) is 0. The van der Waals surface area contributed by atoms with Crippen molar-refractivity contribution in [3.63, 3.8) is 0 Å². The average molecular weight is 366 g/mol. The zero-order valence-electron chi connectivity index (χ0n) is 13.8. The summed E-state index contributed by atoms with van der Waals surface area (Å²) in [6.07, 6.45) is 3.55. The number of pyridine rings is 1. The van der Waals surface area contributed by atoms with E-state index in [0.29, 0.717) is 17.0 Å². The van der Waals surface area contributed by atoms with Crippen molar-refractivity contribution in [1.82, 2.24) is 10.4 Å². The van der Waals surface area contributed by atoms with E-state index < -0.39 is 5.91 Å². The third kappa shape index (κ3) is 4.46. The van der Waals surface area contributed by atoms with Crippen LogP contribution in [0.5, 0.6) is 5.75 Å². The molecule has 0 bridgehead atoms. The van der Waals surface area contributed by atoms with Gasteiger partial charge in [0, 0.05) is 16.8 Å². The lowest BCUT2D eigenvalue weighted by molar-refractivity contribution is 0.0950. The van der Waals surface area contributed by atoms with Crippen molar-refractivity contribution in [3.8, 4) is 5.75 Å². The number of nitrogens with one attached hydrogen (secondary N) is 1. The summed E-state index contributed by atoms with van der Waals surface area (Å²) in [5, 5.41) is 14.6. The van der Waals surface area contributed by atoms with Crippen molar-refractivity contribution in [2.24, 2.45) is 5.10 Å². The Labute approximate surface area is 156 Å². The van der Waals surface area contributed by atoms with Gasteiger partial charge in [0.2, 0.25) is 0 Å². The number of hydrogen-bond donors (Lipinski definition) is 2. The minimum absolute atomic E-state index is 0.0729. The molecule has 1 aromatic heterocycles. The number of nitrogens with zero attached hydrogens (tertiary/aromatic N) is 2. The van der Waals surface area contributed by atoms with Crippen molar-refractivity contribution in [3.05, 3.63) is 94.3 Å². The van der Waals surface area contributed by atoms with Crippen LogP contribution in [0.4, 0.5) is 0 Å². The second-order valence-electron chi connectivity index (χ2n) is 5.58. The molecule has 0 spiro atoms. The first-order valence-corrected chi connectivity index (χ1v) is 8.31. The highest BCUT2D eigenvalue weighted by Crippen LogP contribution is 2.22. The fraction of sp³-hybridized carbons (Fsp3) is 0.0500. The summed E-state index contributed by atoms with van der Waals surface area (Å²) < 4.78 is 0. The average Bonchev–Trinajstić information content (AvgIpc) is 2.66. The standard InChI is InChI=1S/C20H16ClN3O2/c21-17-6-2-1-5-15(17)11-14-8-9-19(25)16(12-14)13-23-24-20(26)18-7-3-4-10-22-18/h1-10,12-13,25H,11H2,(H,24,26)/b23-13+. The van der Waals surface area contributed by atoms with Gasteiger partial charge < -0.3 is 5.11 Å². The Bertz CT molecular complexity index is 943. The van der Waals surface area contributed by atoms with Crippen molar-refractivity contribution >= 4 is 23.7 Å². The molecule has 0 saturated heterocycles. The van der Waals surface area contributed by atoms with E-state index >= 15 is 0 Å². The van der Waals surface area contributed by atoms with E-state index in [-0.39, 0.29) is 11.4 Å². The Kier molecular flexibility index (Phi) is 5.61. The molecule has 2 N–H and O–H groups in total. The molecule has 0 radical (unpaired) electrons. The number of phenolic OH excluding ortho intramolecular Hbond substituents is 1. The number of hydrogen-bond acceptors (Lipinski definition) is 4. The lowest BCUT2D eigenvalue weighted by atomic mass is 10.0. The molecule has 130 valence electrons. The van der Waals surface area contributed by atoms with Gasteiger partial charge in [-0.15, -0.1) is 0 Å². The van der Waals surface area contributed by atoms with Crippen LogP contribution in [0.3, 0.4) is 0 Å². The number of hydrazone groups is 1. The molecule has 1 amide bonds. The number of carbonyl (C=O) groups excluding carboxylic acids is 1. The molecule has 5 nitrogen and oxygen atoms in total. The predicted molar refractivity (Wildman–Crippen MR) is 102 cm³/mol. The van der Waals surface area contributed by atoms with Crippen LogP contribution < -0.4 is 5.43 Å². The summed E-state index contributed by atoms with van der Waals surface area (Å²) >= 11 is 6.19. The Morgan fingerprint density at radius 3 is 2.73 bits per heavy atom. The minimum atomic E-state index is -0.423. The van der Waals surface area contributed by atoms with E-state index in [4.69, 9.17) is 11.6 Å². The number of phenols is 1. The van der Waals surface area contributed by atoms with Crippen LogP contribution in [0, 0.1) is 0 Å². The maximum atomic E-state index is 11.9. The molecule has 0 aliphatic carbocycles. The fourth-order valence-electron chi connectivity index (χ4n) is 2.39. The van der Waals surface area contributed by atoms with Crippen molar-refractivity contribution in [1.29, 1.82) is 0 Å². The molecule has 0 aliphatic rings. The molecular formula is C20H16ClN3O2. The zero-order valence-corrected chi connectivity index (χ0v) is 14.5. The highest BCUT2D eigenvalue weighted by molar-refractivity contribution is 6.31. The van der Waals surface area contributed by atoms with E-state index in [1.54, 1.807) is 30.3 Å². The molecular weight excluding hydrogens is 350 g/mol. The number of aromatic hydroxyl groups is 1. The first-order chi connectivity index (χ1) is 12.6. The van der Waals surface area contributed by atoms with Gasteiger partial charge in [0.05, 0.1) is 6.21 Å². The topological polar surface area (TPSA) is 74.6 Å². The molecule has 6 heteroatoms. The normalized spacial score (nSPS) is 10.8. The third-order valence-electron chi connectivity index (χ3n) is 3.71. The Balaban J connectivity index is 1.72. The van der Waals surface area contributed by atoms with Crippen LogP contribution in [0.15, 0.2) is 72.0 Å². The van der Waals surface area contributed by atoms with Crippen molar-refractivity contribution in [2.45, 2.75) is 6.42 Å². The number of aromatic nitrogens is 1. The summed E-state index contributed by atoms with van der Waals surface area (Å²) in [6.45, 7) is 0. The van der Waals surface area contributed by atoms with Gasteiger partial charge in [-0.05, 0) is 47.9 Å². The molecule has 0 atom stereocenters. The lowest BCUT2D eigenvalue weighted by Gasteiger charge is -2.06. The van der Waals surface area contributed by atoms with Crippen molar-refractivity contribution in [2.75, 3.05) is 0 Å². The van der Waals surface area contributed by atoms with Gasteiger partial charge >= 0.3 is 0 Å². The third-order valence-corrected chi connectivity index (χ3v) is 4.08. The molecule has 0 fully saturated rings. The maximum Gasteiger partial charge on any atom is 0.289 e. The fourth-order valence-corrected chi connectivity index (χ4v) is 2.60.